The second-order valence-corrected chi connectivity index (χ2v) is 6.44. The normalized spacial score (nSPS) is 10.5. The molecule has 0 saturated heterocycles. The minimum Gasteiger partial charge on any atom is -0.328 e. The maximum Gasteiger partial charge on any atom is 0.140 e. The maximum atomic E-state index is 9.29. The van der Waals surface area contributed by atoms with Gasteiger partial charge in [0.1, 0.15) is 11.7 Å². The van der Waals surface area contributed by atoms with Gasteiger partial charge in [-0.1, -0.05) is 42.5 Å². The molecule has 0 N–H and O–H groups in total. The first-order valence-electron chi connectivity index (χ1n) is 8.64. The van der Waals surface area contributed by atoms with Crippen LogP contribution in [0.25, 0.3) is 22.2 Å². The number of rotatable bonds is 3. The van der Waals surface area contributed by atoms with E-state index in [1.54, 1.807) is 6.20 Å². The van der Waals surface area contributed by atoms with Crippen molar-refractivity contribution in [1.29, 1.82) is 10.5 Å². The van der Waals surface area contributed by atoms with Gasteiger partial charge in [0.05, 0.1) is 17.2 Å². The van der Waals surface area contributed by atoms with Gasteiger partial charge < -0.3 is 4.57 Å². The fourth-order valence-electron chi connectivity index (χ4n) is 3.33. The van der Waals surface area contributed by atoms with Crippen LogP contribution in [-0.2, 0) is 6.54 Å². The van der Waals surface area contributed by atoms with Gasteiger partial charge in [0.25, 0.3) is 0 Å². The monoisotopic (exact) mass is 348 g/mol. The number of nitrogens with zero attached hydrogens (tertiary/aromatic N) is 4. The average Bonchev–Trinajstić information content (AvgIpc) is 3.12. The van der Waals surface area contributed by atoms with Gasteiger partial charge in [0.2, 0.25) is 0 Å². The van der Waals surface area contributed by atoms with E-state index in [-0.39, 0.29) is 0 Å². The van der Waals surface area contributed by atoms with Gasteiger partial charge in [-0.15, -0.1) is 0 Å². The maximum absolute atomic E-state index is 9.29. The SMILES string of the molecule is Cc1c(C#N)cnc2c1ccn2Cc1ccc(-c2ccccc2C#N)cc1. The molecule has 2 aromatic heterocycles. The molecule has 0 unspecified atom stereocenters. The summed E-state index contributed by atoms with van der Waals surface area (Å²) in [5.74, 6) is 0. The van der Waals surface area contributed by atoms with Crippen LogP contribution >= 0.6 is 0 Å². The largest absolute Gasteiger partial charge is 0.328 e. The topological polar surface area (TPSA) is 65.4 Å². The second-order valence-electron chi connectivity index (χ2n) is 6.44. The fourth-order valence-corrected chi connectivity index (χ4v) is 3.33. The Hall–Kier alpha value is -3.89. The van der Waals surface area contributed by atoms with Crippen molar-refractivity contribution in [2.45, 2.75) is 13.5 Å². The molecule has 4 nitrogen and oxygen atoms in total. The second kappa shape index (κ2) is 6.78. The van der Waals surface area contributed by atoms with Crippen molar-refractivity contribution in [2.75, 3.05) is 0 Å². The summed E-state index contributed by atoms with van der Waals surface area (Å²) >= 11 is 0. The van der Waals surface area contributed by atoms with E-state index in [2.05, 4.69) is 33.8 Å². The highest BCUT2D eigenvalue weighted by Crippen LogP contribution is 2.25. The number of aryl methyl sites for hydroxylation is 1. The summed E-state index contributed by atoms with van der Waals surface area (Å²) in [6, 6.07) is 22.3. The van der Waals surface area contributed by atoms with Crippen molar-refractivity contribution in [3.05, 3.63) is 89.2 Å². The van der Waals surface area contributed by atoms with Crippen LogP contribution in [0.15, 0.2) is 67.0 Å². The third kappa shape index (κ3) is 2.94. The molecule has 27 heavy (non-hydrogen) atoms. The van der Waals surface area contributed by atoms with Gasteiger partial charge in [0, 0.05) is 24.3 Å². The Morgan fingerprint density at radius 3 is 2.41 bits per heavy atom. The minimum atomic E-state index is 0.612. The zero-order valence-corrected chi connectivity index (χ0v) is 14.8. The molecular weight excluding hydrogens is 332 g/mol. The summed E-state index contributed by atoms with van der Waals surface area (Å²) in [7, 11) is 0. The van der Waals surface area contributed by atoms with Gasteiger partial charge in [-0.25, -0.2) is 4.98 Å². The first kappa shape index (κ1) is 16.6. The molecule has 4 rings (SSSR count). The van der Waals surface area contributed by atoms with E-state index >= 15 is 0 Å². The van der Waals surface area contributed by atoms with Crippen LogP contribution in [0.2, 0.25) is 0 Å². The van der Waals surface area contributed by atoms with Gasteiger partial charge >= 0.3 is 0 Å². The summed E-state index contributed by atoms with van der Waals surface area (Å²) in [6.07, 6.45) is 3.64. The molecule has 0 saturated carbocycles. The van der Waals surface area contributed by atoms with Gasteiger partial charge in [0.15, 0.2) is 0 Å². The van der Waals surface area contributed by atoms with Crippen molar-refractivity contribution in [3.8, 4) is 23.3 Å². The van der Waals surface area contributed by atoms with E-state index < -0.39 is 0 Å². The summed E-state index contributed by atoms with van der Waals surface area (Å²) in [5, 5.41) is 19.5. The van der Waals surface area contributed by atoms with Crippen LogP contribution in [0.1, 0.15) is 22.3 Å². The molecule has 0 bridgehead atoms. The van der Waals surface area contributed by atoms with Gasteiger partial charge in [-0.2, -0.15) is 10.5 Å². The number of hydrogen-bond acceptors (Lipinski definition) is 3. The number of fused-ring (bicyclic) bond motifs is 1. The van der Waals surface area contributed by atoms with Crippen molar-refractivity contribution in [2.24, 2.45) is 0 Å². The van der Waals surface area contributed by atoms with Crippen molar-refractivity contribution in [3.63, 3.8) is 0 Å². The Morgan fingerprint density at radius 2 is 1.67 bits per heavy atom. The van der Waals surface area contributed by atoms with E-state index in [0.717, 1.165) is 33.3 Å². The third-order valence-corrected chi connectivity index (χ3v) is 4.84. The Kier molecular flexibility index (Phi) is 4.16. The van der Waals surface area contributed by atoms with Crippen LogP contribution in [0.5, 0.6) is 0 Å². The smallest absolute Gasteiger partial charge is 0.140 e. The number of nitriles is 2. The lowest BCUT2D eigenvalue weighted by molar-refractivity contribution is 0.825. The van der Waals surface area contributed by atoms with Crippen LogP contribution in [0.4, 0.5) is 0 Å². The lowest BCUT2D eigenvalue weighted by Crippen LogP contribution is -2.00. The highest BCUT2D eigenvalue weighted by atomic mass is 15.0. The van der Waals surface area contributed by atoms with Crippen LogP contribution < -0.4 is 0 Å². The summed E-state index contributed by atoms with van der Waals surface area (Å²) in [6.45, 7) is 2.65. The van der Waals surface area contributed by atoms with Gasteiger partial charge in [-0.05, 0) is 41.3 Å². The zero-order valence-electron chi connectivity index (χ0n) is 14.8. The molecule has 0 aliphatic rings. The lowest BCUT2D eigenvalue weighted by Gasteiger charge is -2.08. The van der Waals surface area contributed by atoms with Crippen LogP contribution in [-0.4, -0.2) is 9.55 Å². The lowest BCUT2D eigenvalue weighted by atomic mass is 9.99. The molecule has 0 aliphatic carbocycles. The zero-order chi connectivity index (χ0) is 18.8. The minimum absolute atomic E-state index is 0.612. The molecule has 0 spiro atoms. The molecule has 0 radical (unpaired) electrons. The van der Waals surface area contributed by atoms with E-state index in [4.69, 9.17) is 5.26 Å². The number of hydrogen-bond donors (Lipinski definition) is 0. The van der Waals surface area contributed by atoms with Crippen LogP contribution in [0, 0.1) is 29.6 Å². The quantitative estimate of drug-likeness (QED) is 0.534. The summed E-state index contributed by atoms with van der Waals surface area (Å²) in [4.78, 5) is 4.46. The molecule has 0 amide bonds. The third-order valence-electron chi connectivity index (χ3n) is 4.84. The van der Waals surface area contributed by atoms with Crippen LogP contribution in [0.3, 0.4) is 0 Å². The van der Waals surface area contributed by atoms with Crippen molar-refractivity contribution >= 4 is 11.0 Å². The number of pyridine rings is 1. The summed E-state index contributed by atoms with van der Waals surface area (Å²) < 4.78 is 2.09. The average molecular weight is 348 g/mol. The summed E-state index contributed by atoms with van der Waals surface area (Å²) in [5.41, 5.74) is 6.25. The first-order chi connectivity index (χ1) is 13.2. The molecular formula is C23H16N4. The number of benzene rings is 2. The molecule has 4 aromatic rings. The predicted octanol–water partition coefficient (Wildman–Crippen LogP) is 4.80. The molecule has 0 atom stereocenters. The number of aromatic nitrogens is 2. The fraction of sp³-hybridized carbons (Fsp3) is 0.0870. The molecule has 128 valence electrons. The van der Waals surface area contributed by atoms with E-state index in [1.807, 2.05) is 55.6 Å². The Morgan fingerprint density at radius 1 is 0.926 bits per heavy atom. The first-order valence-corrected chi connectivity index (χ1v) is 8.64. The van der Waals surface area contributed by atoms with Crippen molar-refractivity contribution in [1.82, 2.24) is 9.55 Å². The van der Waals surface area contributed by atoms with Gasteiger partial charge in [-0.3, -0.25) is 0 Å². The molecule has 2 heterocycles. The van der Waals surface area contributed by atoms with E-state index in [1.165, 1.54) is 0 Å². The Labute approximate surface area is 157 Å². The molecule has 2 aromatic carbocycles. The van der Waals surface area contributed by atoms with E-state index in [9.17, 15) is 5.26 Å². The van der Waals surface area contributed by atoms with E-state index in [0.29, 0.717) is 17.7 Å². The standard InChI is InChI=1S/C23H16N4/c1-16-20(13-25)14-26-23-21(16)10-11-27(23)15-17-6-8-18(9-7-17)22-5-3-2-4-19(22)12-24/h2-11,14H,15H2,1H3. The molecule has 0 aliphatic heterocycles. The van der Waals surface area contributed by atoms with Crippen molar-refractivity contribution < 1.29 is 0 Å². The highest BCUT2D eigenvalue weighted by Gasteiger charge is 2.09. The predicted molar refractivity (Wildman–Crippen MR) is 105 cm³/mol. The Bertz CT molecular complexity index is 1220. The highest BCUT2D eigenvalue weighted by molar-refractivity contribution is 5.82. The Balaban J connectivity index is 1.65. The molecule has 4 heteroatoms. The molecule has 0 fully saturated rings.